The van der Waals surface area contributed by atoms with E-state index in [1.807, 2.05) is 0 Å². The first-order chi connectivity index (χ1) is 8.33. The SMILES string of the molecule is O=C(NC1CCCC1)c1cc2ncccn2n1. The van der Waals surface area contributed by atoms with E-state index in [1.165, 1.54) is 12.8 Å². The minimum atomic E-state index is -0.0950. The van der Waals surface area contributed by atoms with E-state index in [1.54, 1.807) is 29.0 Å². The van der Waals surface area contributed by atoms with Crippen molar-refractivity contribution in [1.82, 2.24) is 19.9 Å². The number of aromatic nitrogens is 3. The molecule has 0 aliphatic heterocycles. The summed E-state index contributed by atoms with van der Waals surface area (Å²) in [6.07, 6.45) is 8.05. The van der Waals surface area contributed by atoms with E-state index in [0.717, 1.165) is 12.8 Å². The van der Waals surface area contributed by atoms with E-state index in [4.69, 9.17) is 0 Å². The fourth-order valence-corrected chi connectivity index (χ4v) is 2.27. The number of carbonyl (C=O) groups is 1. The van der Waals surface area contributed by atoms with Gasteiger partial charge < -0.3 is 5.32 Å². The van der Waals surface area contributed by atoms with Crippen LogP contribution in [0.2, 0.25) is 0 Å². The van der Waals surface area contributed by atoms with Crippen LogP contribution in [-0.4, -0.2) is 26.5 Å². The maximum atomic E-state index is 12.0. The molecule has 2 aromatic heterocycles. The van der Waals surface area contributed by atoms with E-state index in [9.17, 15) is 4.79 Å². The zero-order valence-electron chi connectivity index (χ0n) is 9.47. The van der Waals surface area contributed by atoms with E-state index >= 15 is 0 Å². The molecule has 2 aromatic rings. The molecule has 1 aliphatic rings. The van der Waals surface area contributed by atoms with Crippen LogP contribution in [0.5, 0.6) is 0 Å². The molecule has 17 heavy (non-hydrogen) atoms. The van der Waals surface area contributed by atoms with Crippen molar-refractivity contribution in [2.24, 2.45) is 0 Å². The molecule has 1 fully saturated rings. The molecule has 0 unspecified atom stereocenters. The van der Waals surface area contributed by atoms with Gasteiger partial charge in [-0.1, -0.05) is 12.8 Å². The molecular formula is C12H14N4O. The van der Waals surface area contributed by atoms with Gasteiger partial charge in [-0.3, -0.25) is 4.79 Å². The summed E-state index contributed by atoms with van der Waals surface area (Å²) >= 11 is 0. The zero-order chi connectivity index (χ0) is 11.7. The van der Waals surface area contributed by atoms with Crippen LogP contribution in [0.25, 0.3) is 5.65 Å². The molecule has 1 amide bonds. The van der Waals surface area contributed by atoms with Gasteiger partial charge in [0.1, 0.15) is 0 Å². The van der Waals surface area contributed by atoms with Crippen LogP contribution in [0.3, 0.4) is 0 Å². The van der Waals surface area contributed by atoms with Crippen LogP contribution in [0.15, 0.2) is 24.5 Å². The van der Waals surface area contributed by atoms with Crippen LogP contribution in [0.1, 0.15) is 36.2 Å². The number of hydrogen-bond acceptors (Lipinski definition) is 3. The van der Waals surface area contributed by atoms with Crippen molar-refractivity contribution in [3.05, 3.63) is 30.2 Å². The van der Waals surface area contributed by atoms with Crippen LogP contribution in [-0.2, 0) is 0 Å². The average Bonchev–Trinajstić information content (AvgIpc) is 2.96. The third-order valence-corrected chi connectivity index (χ3v) is 3.16. The van der Waals surface area contributed by atoms with Crippen LogP contribution in [0.4, 0.5) is 0 Å². The lowest BCUT2D eigenvalue weighted by Gasteiger charge is -2.09. The molecule has 1 aliphatic carbocycles. The summed E-state index contributed by atoms with van der Waals surface area (Å²) in [7, 11) is 0. The van der Waals surface area contributed by atoms with Gasteiger partial charge in [0.25, 0.3) is 5.91 Å². The monoisotopic (exact) mass is 230 g/mol. The van der Waals surface area contributed by atoms with Gasteiger partial charge in [0, 0.05) is 24.5 Å². The molecule has 0 saturated heterocycles. The van der Waals surface area contributed by atoms with Gasteiger partial charge in [-0.25, -0.2) is 9.50 Å². The van der Waals surface area contributed by atoms with Gasteiger partial charge in [0.15, 0.2) is 11.3 Å². The van der Waals surface area contributed by atoms with Crippen molar-refractivity contribution in [1.29, 1.82) is 0 Å². The molecule has 1 saturated carbocycles. The number of nitrogens with zero attached hydrogens (tertiary/aromatic N) is 3. The number of nitrogens with one attached hydrogen (secondary N) is 1. The Bertz CT molecular complexity index is 509. The highest BCUT2D eigenvalue weighted by Crippen LogP contribution is 2.18. The summed E-state index contributed by atoms with van der Waals surface area (Å²) in [6.45, 7) is 0. The van der Waals surface area contributed by atoms with Gasteiger partial charge >= 0.3 is 0 Å². The predicted octanol–water partition coefficient (Wildman–Crippen LogP) is 1.40. The molecule has 5 nitrogen and oxygen atoms in total. The standard InChI is InChI=1S/C12H14N4O/c17-12(14-9-4-1-2-5-9)10-8-11-13-6-3-7-16(11)15-10/h3,6-9H,1-2,4-5H2,(H,14,17). The highest BCUT2D eigenvalue weighted by molar-refractivity contribution is 5.93. The van der Waals surface area contributed by atoms with Crippen LogP contribution < -0.4 is 5.32 Å². The second kappa shape index (κ2) is 4.16. The van der Waals surface area contributed by atoms with Crippen molar-refractivity contribution >= 4 is 11.6 Å². The minimum absolute atomic E-state index is 0.0950. The number of carbonyl (C=O) groups excluding carboxylic acids is 1. The first kappa shape index (κ1) is 10.3. The topological polar surface area (TPSA) is 59.3 Å². The number of amides is 1. The summed E-state index contributed by atoms with van der Waals surface area (Å²) in [5, 5.41) is 7.21. The second-order valence-corrected chi connectivity index (χ2v) is 4.41. The van der Waals surface area contributed by atoms with Crippen LogP contribution >= 0.6 is 0 Å². The molecule has 0 radical (unpaired) electrons. The van der Waals surface area contributed by atoms with Gasteiger partial charge in [0.2, 0.25) is 0 Å². The van der Waals surface area contributed by atoms with E-state index in [0.29, 0.717) is 17.4 Å². The fraction of sp³-hybridized carbons (Fsp3) is 0.417. The lowest BCUT2D eigenvalue weighted by Crippen LogP contribution is -2.32. The van der Waals surface area contributed by atoms with Crippen molar-refractivity contribution < 1.29 is 4.79 Å². The summed E-state index contributed by atoms with van der Waals surface area (Å²) in [6, 6.07) is 3.82. The quantitative estimate of drug-likeness (QED) is 0.848. The minimum Gasteiger partial charge on any atom is -0.348 e. The van der Waals surface area contributed by atoms with Crippen molar-refractivity contribution in [3.8, 4) is 0 Å². The Hall–Kier alpha value is -1.91. The Kier molecular flexibility index (Phi) is 2.51. The van der Waals surface area contributed by atoms with Crippen molar-refractivity contribution in [2.75, 3.05) is 0 Å². The predicted molar refractivity (Wildman–Crippen MR) is 62.7 cm³/mol. The number of rotatable bonds is 2. The Morgan fingerprint density at radius 2 is 2.24 bits per heavy atom. The van der Waals surface area contributed by atoms with Crippen molar-refractivity contribution in [3.63, 3.8) is 0 Å². The molecule has 0 atom stereocenters. The average molecular weight is 230 g/mol. The lowest BCUT2D eigenvalue weighted by atomic mass is 10.2. The van der Waals surface area contributed by atoms with E-state index in [-0.39, 0.29) is 5.91 Å². The number of fused-ring (bicyclic) bond motifs is 1. The Morgan fingerprint density at radius 3 is 3.00 bits per heavy atom. The first-order valence-electron chi connectivity index (χ1n) is 5.94. The Balaban J connectivity index is 1.80. The summed E-state index contributed by atoms with van der Waals surface area (Å²) < 4.78 is 1.61. The maximum Gasteiger partial charge on any atom is 0.272 e. The highest BCUT2D eigenvalue weighted by Gasteiger charge is 2.19. The van der Waals surface area contributed by atoms with Gasteiger partial charge in [-0.2, -0.15) is 5.10 Å². The maximum absolute atomic E-state index is 12.0. The molecule has 5 heteroatoms. The Labute approximate surface area is 98.9 Å². The van der Waals surface area contributed by atoms with Gasteiger partial charge in [0.05, 0.1) is 0 Å². The normalized spacial score (nSPS) is 16.5. The lowest BCUT2D eigenvalue weighted by molar-refractivity contribution is 0.0932. The molecule has 3 rings (SSSR count). The highest BCUT2D eigenvalue weighted by atomic mass is 16.2. The summed E-state index contributed by atoms with van der Waals surface area (Å²) in [5.74, 6) is -0.0950. The van der Waals surface area contributed by atoms with E-state index in [2.05, 4.69) is 15.4 Å². The number of hydrogen-bond donors (Lipinski definition) is 1. The molecular weight excluding hydrogens is 216 g/mol. The first-order valence-corrected chi connectivity index (χ1v) is 5.94. The molecule has 2 heterocycles. The zero-order valence-corrected chi connectivity index (χ0v) is 9.47. The van der Waals surface area contributed by atoms with Gasteiger partial charge in [-0.05, 0) is 18.9 Å². The third-order valence-electron chi connectivity index (χ3n) is 3.16. The molecule has 88 valence electrons. The fourth-order valence-electron chi connectivity index (χ4n) is 2.27. The molecule has 0 bridgehead atoms. The summed E-state index contributed by atoms with van der Waals surface area (Å²) in [4.78, 5) is 16.1. The Morgan fingerprint density at radius 1 is 1.41 bits per heavy atom. The smallest absolute Gasteiger partial charge is 0.272 e. The second-order valence-electron chi connectivity index (χ2n) is 4.41. The van der Waals surface area contributed by atoms with E-state index < -0.39 is 0 Å². The third kappa shape index (κ3) is 2.00. The van der Waals surface area contributed by atoms with Crippen molar-refractivity contribution in [2.45, 2.75) is 31.7 Å². The molecule has 1 N–H and O–H groups in total. The van der Waals surface area contributed by atoms with Crippen LogP contribution in [0, 0.1) is 0 Å². The summed E-state index contributed by atoms with van der Waals surface area (Å²) in [5.41, 5.74) is 1.14. The largest absolute Gasteiger partial charge is 0.348 e. The molecule has 0 aromatic carbocycles. The molecule has 0 spiro atoms. The van der Waals surface area contributed by atoms with Gasteiger partial charge in [-0.15, -0.1) is 0 Å².